The van der Waals surface area contributed by atoms with Crippen LogP contribution in [0.3, 0.4) is 0 Å². The Morgan fingerprint density at radius 3 is 2.33 bits per heavy atom. The highest BCUT2D eigenvalue weighted by Gasteiger charge is 2.25. The smallest absolute Gasteiger partial charge is 0.234 e. The Hall–Kier alpha value is -0.610. The Bertz CT molecular complexity index is 514. The summed E-state index contributed by atoms with van der Waals surface area (Å²) < 4.78 is 6.08. The molecule has 0 aromatic heterocycles. The summed E-state index contributed by atoms with van der Waals surface area (Å²) in [6.07, 6.45) is 12.9. The number of amides is 1. The monoisotopic (exact) mass is 535 g/mol. The summed E-state index contributed by atoms with van der Waals surface area (Å²) >= 11 is 0. The zero-order valence-electron chi connectivity index (χ0n) is 18.7. The second kappa shape index (κ2) is 14.5. The lowest BCUT2D eigenvalue weighted by Crippen LogP contribution is -2.54. The quantitative estimate of drug-likeness (QED) is 0.156. The molecule has 1 heterocycles. The predicted octanol–water partition coefficient (Wildman–Crippen LogP) is 2.60. The van der Waals surface area contributed by atoms with Crippen molar-refractivity contribution in [1.82, 2.24) is 20.4 Å². The molecule has 0 radical (unpaired) electrons. The Morgan fingerprint density at radius 2 is 1.70 bits per heavy atom. The Balaban J connectivity index is 0.00000320. The van der Waals surface area contributed by atoms with Crippen LogP contribution in [0, 0.1) is 0 Å². The van der Waals surface area contributed by atoms with E-state index in [1.807, 2.05) is 7.05 Å². The molecule has 2 aliphatic carbocycles. The molecule has 1 saturated heterocycles. The summed E-state index contributed by atoms with van der Waals surface area (Å²) in [5.41, 5.74) is 0. The van der Waals surface area contributed by atoms with Crippen LogP contribution in [0.2, 0.25) is 0 Å². The second-order valence-corrected chi connectivity index (χ2v) is 8.77. The molecule has 2 N–H and O–H groups in total. The van der Waals surface area contributed by atoms with E-state index < -0.39 is 0 Å². The average molecular weight is 536 g/mol. The first-order valence-corrected chi connectivity index (χ1v) is 11.8. The van der Waals surface area contributed by atoms with Gasteiger partial charge in [-0.2, -0.15) is 0 Å². The number of carbonyl (C=O) groups is 1. The van der Waals surface area contributed by atoms with E-state index in [1.165, 1.54) is 38.5 Å². The molecule has 0 atom stereocenters. The molecule has 0 bridgehead atoms. The molecule has 8 heteroatoms. The van der Waals surface area contributed by atoms with Crippen molar-refractivity contribution in [3.8, 4) is 0 Å². The third-order valence-corrected chi connectivity index (χ3v) is 6.20. The first-order valence-electron chi connectivity index (χ1n) is 11.8. The Kier molecular flexibility index (Phi) is 12.4. The molecule has 30 heavy (non-hydrogen) atoms. The molecule has 174 valence electrons. The molecule has 1 amide bonds. The van der Waals surface area contributed by atoms with Gasteiger partial charge in [-0.25, -0.2) is 0 Å². The van der Waals surface area contributed by atoms with Crippen LogP contribution < -0.4 is 10.6 Å². The van der Waals surface area contributed by atoms with Crippen molar-refractivity contribution in [3.63, 3.8) is 0 Å². The van der Waals surface area contributed by atoms with Crippen molar-refractivity contribution < 1.29 is 9.53 Å². The van der Waals surface area contributed by atoms with Gasteiger partial charge in [-0.05, 0) is 38.5 Å². The minimum absolute atomic E-state index is 0. The SMILES string of the molecule is CN=C(NCCCCOC1CCCCCC1)N1CCN(CC(=O)NC2CC2)CC1.I. The van der Waals surface area contributed by atoms with Gasteiger partial charge in [0, 0.05) is 52.4 Å². The molecular formula is C22H42IN5O2. The van der Waals surface area contributed by atoms with E-state index in [-0.39, 0.29) is 29.9 Å². The van der Waals surface area contributed by atoms with Crippen LogP contribution >= 0.6 is 24.0 Å². The van der Waals surface area contributed by atoms with Gasteiger partial charge in [-0.1, -0.05) is 25.7 Å². The highest BCUT2D eigenvalue weighted by atomic mass is 127. The molecule has 0 aromatic rings. The summed E-state index contributed by atoms with van der Waals surface area (Å²) in [5.74, 6) is 1.16. The highest BCUT2D eigenvalue weighted by molar-refractivity contribution is 14.0. The van der Waals surface area contributed by atoms with E-state index in [0.717, 1.165) is 71.0 Å². The van der Waals surface area contributed by atoms with E-state index >= 15 is 0 Å². The normalized spacial score (nSPS) is 21.6. The minimum Gasteiger partial charge on any atom is -0.378 e. The van der Waals surface area contributed by atoms with Gasteiger partial charge in [0.05, 0.1) is 12.6 Å². The Morgan fingerprint density at radius 1 is 1.00 bits per heavy atom. The number of rotatable bonds is 9. The van der Waals surface area contributed by atoms with Gasteiger partial charge in [0.25, 0.3) is 0 Å². The van der Waals surface area contributed by atoms with Gasteiger partial charge in [0.15, 0.2) is 5.96 Å². The number of nitrogens with zero attached hydrogens (tertiary/aromatic N) is 3. The van der Waals surface area contributed by atoms with Crippen LogP contribution in [-0.2, 0) is 9.53 Å². The van der Waals surface area contributed by atoms with Crippen LogP contribution in [0.1, 0.15) is 64.2 Å². The number of aliphatic imine (C=N–C) groups is 1. The lowest BCUT2D eigenvalue weighted by atomic mass is 10.1. The lowest BCUT2D eigenvalue weighted by molar-refractivity contribution is -0.122. The topological polar surface area (TPSA) is 69.2 Å². The Labute approximate surface area is 199 Å². The number of halogens is 1. The van der Waals surface area contributed by atoms with Gasteiger partial charge in [0.1, 0.15) is 0 Å². The number of carbonyl (C=O) groups excluding carboxylic acids is 1. The minimum atomic E-state index is 0. The third-order valence-electron chi connectivity index (χ3n) is 6.20. The van der Waals surface area contributed by atoms with Gasteiger partial charge in [0.2, 0.25) is 5.91 Å². The number of hydrogen-bond donors (Lipinski definition) is 2. The molecule has 0 aromatic carbocycles. The van der Waals surface area contributed by atoms with Gasteiger partial charge < -0.3 is 20.3 Å². The standard InChI is InChI=1S/C22H41N5O2.HI/c1-23-22(24-12-6-7-17-29-20-8-4-2-3-5-9-20)27-15-13-26(14-16-27)18-21(28)25-19-10-11-19;/h19-20H,2-18H2,1H3,(H,23,24)(H,25,28);1H. The fourth-order valence-electron chi connectivity index (χ4n) is 4.24. The number of hydrogen-bond acceptors (Lipinski definition) is 4. The molecule has 0 unspecified atom stereocenters. The summed E-state index contributed by atoms with van der Waals surface area (Å²) in [4.78, 5) is 21.0. The van der Waals surface area contributed by atoms with Gasteiger partial charge in [-0.3, -0.25) is 14.7 Å². The van der Waals surface area contributed by atoms with Crippen molar-refractivity contribution in [2.45, 2.75) is 76.4 Å². The first-order chi connectivity index (χ1) is 14.2. The molecule has 3 fully saturated rings. The van der Waals surface area contributed by atoms with Crippen molar-refractivity contribution in [3.05, 3.63) is 0 Å². The number of unbranched alkanes of at least 4 members (excludes halogenated alkanes) is 1. The van der Waals surface area contributed by atoms with Crippen molar-refractivity contribution in [2.24, 2.45) is 4.99 Å². The molecular weight excluding hydrogens is 493 g/mol. The number of guanidine groups is 1. The van der Waals surface area contributed by atoms with E-state index in [9.17, 15) is 4.79 Å². The number of piperazine rings is 1. The largest absolute Gasteiger partial charge is 0.378 e. The zero-order chi connectivity index (χ0) is 20.3. The maximum Gasteiger partial charge on any atom is 0.234 e. The highest BCUT2D eigenvalue weighted by Crippen LogP contribution is 2.20. The van der Waals surface area contributed by atoms with E-state index in [4.69, 9.17) is 4.74 Å². The third kappa shape index (κ3) is 9.68. The maximum atomic E-state index is 12.0. The van der Waals surface area contributed by atoms with Crippen LogP contribution in [0.4, 0.5) is 0 Å². The molecule has 7 nitrogen and oxygen atoms in total. The first kappa shape index (κ1) is 25.6. The summed E-state index contributed by atoms with van der Waals surface area (Å²) in [6, 6.07) is 0.449. The summed E-state index contributed by atoms with van der Waals surface area (Å²) in [5, 5.41) is 6.57. The fraction of sp³-hybridized carbons (Fsp3) is 0.909. The van der Waals surface area contributed by atoms with Crippen LogP contribution in [0.25, 0.3) is 0 Å². The molecule has 3 rings (SSSR count). The predicted molar refractivity (Wildman–Crippen MR) is 133 cm³/mol. The van der Waals surface area contributed by atoms with Crippen molar-refractivity contribution in [2.75, 3.05) is 52.9 Å². The summed E-state index contributed by atoms with van der Waals surface area (Å²) in [7, 11) is 1.85. The number of ether oxygens (including phenoxy) is 1. The molecule has 1 aliphatic heterocycles. The number of nitrogens with one attached hydrogen (secondary N) is 2. The maximum absolute atomic E-state index is 12.0. The average Bonchev–Trinajstić information content (AvgIpc) is 3.56. The van der Waals surface area contributed by atoms with Crippen LogP contribution in [0.5, 0.6) is 0 Å². The van der Waals surface area contributed by atoms with Gasteiger partial charge >= 0.3 is 0 Å². The fourth-order valence-corrected chi connectivity index (χ4v) is 4.24. The van der Waals surface area contributed by atoms with Crippen molar-refractivity contribution >= 4 is 35.8 Å². The zero-order valence-corrected chi connectivity index (χ0v) is 21.1. The van der Waals surface area contributed by atoms with E-state index in [0.29, 0.717) is 18.7 Å². The summed E-state index contributed by atoms with van der Waals surface area (Å²) in [6.45, 7) is 6.00. The lowest BCUT2D eigenvalue weighted by Gasteiger charge is -2.36. The van der Waals surface area contributed by atoms with Crippen LogP contribution in [-0.4, -0.2) is 86.7 Å². The van der Waals surface area contributed by atoms with Crippen LogP contribution in [0.15, 0.2) is 4.99 Å². The second-order valence-electron chi connectivity index (χ2n) is 8.77. The molecule has 3 aliphatic rings. The molecule has 2 saturated carbocycles. The van der Waals surface area contributed by atoms with Gasteiger partial charge in [-0.15, -0.1) is 24.0 Å². The van der Waals surface area contributed by atoms with Crippen molar-refractivity contribution in [1.29, 1.82) is 0 Å². The van der Waals surface area contributed by atoms with E-state index in [1.54, 1.807) is 0 Å². The molecule has 0 spiro atoms. The van der Waals surface area contributed by atoms with E-state index in [2.05, 4.69) is 25.4 Å².